The molecular formula is C26H24N4OS. The normalized spacial score (nSPS) is 17.9. The molecule has 2 aromatic heterocycles. The Labute approximate surface area is 190 Å². The lowest BCUT2D eigenvalue weighted by atomic mass is 9.76. The van der Waals surface area contributed by atoms with Gasteiger partial charge in [0.15, 0.2) is 10.9 Å². The molecule has 2 aromatic carbocycles. The maximum atomic E-state index is 13.0. The first-order valence-electron chi connectivity index (χ1n) is 11.2. The van der Waals surface area contributed by atoms with Crippen molar-refractivity contribution < 1.29 is 4.79 Å². The largest absolute Gasteiger partial charge is 0.363 e. The topological polar surface area (TPSA) is 73.6 Å². The number of fused-ring (bicyclic) bond motifs is 2. The first kappa shape index (κ1) is 19.4. The van der Waals surface area contributed by atoms with Crippen LogP contribution in [-0.4, -0.2) is 20.7 Å². The molecule has 0 saturated carbocycles. The molecule has 160 valence electrons. The highest BCUT2D eigenvalue weighted by atomic mass is 32.2. The van der Waals surface area contributed by atoms with Crippen molar-refractivity contribution >= 4 is 34.3 Å². The van der Waals surface area contributed by atoms with E-state index in [4.69, 9.17) is 4.98 Å². The molecule has 6 heteroatoms. The number of H-pyrrole nitrogens is 2. The van der Waals surface area contributed by atoms with Crippen LogP contribution in [0.25, 0.3) is 11.0 Å². The monoisotopic (exact) mass is 440 g/mol. The van der Waals surface area contributed by atoms with Gasteiger partial charge in [0, 0.05) is 46.0 Å². The molecule has 6 rings (SSSR count). The molecule has 0 amide bonds. The molecule has 0 spiro atoms. The zero-order valence-corrected chi connectivity index (χ0v) is 18.7. The van der Waals surface area contributed by atoms with Crippen LogP contribution in [0.15, 0.2) is 76.0 Å². The highest BCUT2D eigenvalue weighted by Crippen LogP contribution is 2.47. The Hall–Kier alpha value is -3.25. The van der Waals surface area contributed by atoms with Gasteiger partial charge in [0.05, 0.1) is 16.7 Å². The molecule has 0 fully saturated rings. The Morgan fingerprint density at radius 1 is 1.12 bits per heavy atom. The Morgan fingerprint density at radius 3 is 2.91 bits per heavy atom. The van der Waals surface area contributed by atoms with Gasteiger partial charge >= 0.3 is 0 Å². The number of carbonyl (C=O) groups is 1. The van der Waals surface area contributed by atoms with Crippen molar-refractivity contribution in [3.63, 3.8) is 0 Å². The van der Waals surface area contributed by atoms with Crippen LogP contribution in [-0.2, 0) is 11.2 Å². The molecule has 32 heavy (non-hydrogen) atoms. The van der Waals surface area contributed by atoms with Crippen molar-refractivity contribution in [2.75, 3.05) is 5.32 Å². The number of nitrogens with one attached hydrogen (secondary N) is 3. The average Bonchev–Trinajstić information content (AvgIpc) is 3.41. The maximum Gasteiger partial charge on any atom is 0.171 e. The third-order valence-corrected chi connectivity index (χ3v) is 7.33. The molecule has 3 heterocycles. The number of ketones is 1. The van der Waals surface area contributed by atoms with E-state index < -0.39 is 0 Å². The molecule has 3 N–H and O–H groups in total. The fraction of sp³-hybridized carbons (Fsp3) is 0.231. The summed E-state index contributed by atoms with van der Waals surface area (Å²) in [5.41, 5.74) is 8.72. The van der Waals surface area contributed by atoms with Gasteiger partial charge in [-0.15, -0.1) is 0 Å². The van der Waals surface area contributed by atoms with E-state index in [1.54, 1.807) is 11.8 Å². The van der Waals surface area contributed by atoms with Crippen LogP contribution in [0, 0.1) is 0 Å². The van der Waals surface area contributed by atoms with Gasteiger partial charge < -0.3 is 15.3 Å². The van der Waals surface area contributed by atoms with Crippen molar-refractivity contribution in [2.24, 2.45) is 0 Å². The van der Waals surface area contributed by atoms with E-state index in [2.05, 4.69) is 52.7 Å². The number of aromatic nitrogens is 3. The molecule has 0 bridgehead atoms. The zero-order chi connectivity index (χ0) is 21.7. The van der Waals surface area contributed by atoms with Crippen LogP contribution in [0.4, 0.5) is 5.69 Å². The van der Waals surface area contributed by atoms with Gasteiger partial charge in [0.25, 0.3) is 0 Å². The first-order chi connectivity index (χ1) is 15.7. The van der Waals surface area contributed by atoms with Gasteiger partial charge in [0.1, 0.15) is 0 Å². The number of Topliss-reactive ketones (excluding diaryl/α,β-unsaturated/α-hetero) is 1. The third kappa shape index (κ3) is 3.17. The minimum atomic E-state index is -0.0400. The van der Waals surface area contributed by atoms with Crippen molar-refractivity contribution in [2.45, 2.75) is 48.6 Å². The molecule has 1 unspecified atom stereocenters. The van der Waals surface area contributed by atoms with Crippen LogP contribution in [0.5, 0.6) is 0 Å². The molecule has 4 aromatic rings. The number of aromatic amines is 2. The van der Waals surface area contributed by atoms with Crippen LogP contribution in [0.2, 0.25) is 0 Å². The predicted octanol–water partition coefficient (Wildman–Crippen LogP) is 6.17. The Bertz CT molecular complexity index is 1350. The second kappa shape index (κ2) is 7.71. The number of imidazole rings is 1. The predicted molar refractivity (Wildman–Crippen MR) is 128 cm³/mol. The maximum absolute atomic E-state index is 13.0. The minimum Gasteiger partial charge on any atom is -0.363 e. The van der Waals surface area contributed by atoms with Gasteiger partial charge in [-0.3, -0.25) is 4.79 Å². The number of anilines is 1. The molecule has 1 atom stereocenters. The van der Waals surface area contributed by atoms with Crippen LogP contribution in [0.1, 0.15) is 48.9 Å². The smallest absolute Gasteiger partial charge is 0.171 e. The van der Waals surface area contributed by atoms with Gasteiger partial charge in [-0.1, -0.05) is 43.0 Å². The third-order valence-electron chi connectivity index (χ3n) is 6.45. The highest BCUT2D eigenvalue weighted by Gasteiger charge is 2.36. The van der Waals surface area contributed by atoms with E-state index >= 15 is 0 Å². The van der Waals surface area contributed by atoms with Gasteiger partial charge in [0.2, 0.25) is 0 Å². The minimum absolute atomic E-state index is 0.0400. The molecule has 5 nitrogen and oxygen atoms in total. The number of carbonyl (C=O) groups excluding carboxylic acids is 1. The molecule has 0 radical (unpaired) electrons. The number of allylic oxidation sites excluding steroid dienone is 2. The first-order valence-corrected chi connectivity index (χ1v) is 12.0. The lowest BCUT2D eigenvalue weighted by molar-refractivity contribution is -0.116. The number of hydrogen-bond donors (Lipinski definition) is 3. The van der Waals surface area contributed by atoms with Crippen LogP contribution < -0.4 is 5.32 Å². The number of rotatable bonds is 4. The summed E-state index contributed by atoms with van der Waals surface area (Å²) >= 11 is 1.62. The van der Waals surface area contributed by atoms with E-state index in [0.717, 1.165) is 62.9 Å². The van der Waals surface area contributed by atoms with E-state index in [1.807, 2.05) is 24.3 Å². The van der Waals surface area contributed by atoms with Gasteiger partial charge in [-0.25, -0.2) is 4.98 Å². The van der Waals surface area contributed by atoms with Crippen molar-refractivity contribution in [1.29, 1.82) is 0 Å². The summed E-state index contributed by atoms with van der Waals surface area (Å²) in [6.07, 6.45) is 5.48. The van der Waals surface area contributed by atoms with Crippen molar-refractivity contribution in [1.82, 2.24) is 15.0 Å². The number of para-hydroxylation sites is 2. The summed E-state index contributed by atoms with van der Waals surface area (Å²) in [7, 11) is 0. The van der Waals surface area contributed by atoms with Gasteiger partial charge in [-0.05, 0) is 49.1 Å². The number of nitrogens with zero attached hydrogens (tertiary/aromatic N) is 1. The average molecular weight is 441 g/mol. The second-order valence-corrected chi connectivity index (χ2v) is 9.47. The van der Waals surface area contributed by atoms with Crippen molar-refractivity contribution in [3.05, 3.63) is 82.8 Å². The molecule has 2 aliphatic rings. The summed E-state index contributed by atoms with van der Waals surface area (Å²) in [6, 6.07) is 16.6. The Morgan fingerprint density at radius 2 is 2.03 bits per heavy atom. The molecule has 0 saturated heterocycles. The van der Waals surface area contributed by atoms with Crippen molar-refractivity contribution in [3.8, 4) is 0 Å². The lowest BCUT2D eigenvalue weighted by Crippen LogP contribution is -2.26. The quantitative estimate of drug-likeness (QED) is 0.355. The van der Waals surface area contributed by atoms with E-state index in [1.165, 1.54) is 11.3 Å². The number of aryl methyl sites for hydroxylation is 1. The zero-order valence-electron chi connectivity index (χ0n) is 17.9. The second-order valence-electron chi connectivity index (χ2n) is 8.41. The lowest BCUT2D eigenvalue weighted by Gasteiger charge is -2.33. The van der Waals surface area contributed by atoms with E-state index in [9.17, 15) is 4.79 Å². The number of benzene rings is 2. The fourth-order valence-electron chi connectivity index (χ4n) is 4.97. The van der Waals surface area contributed by atoms with E-state index in [-0.39, 0.29) is 11.7 Å². The Kier molecular flexibility index (Phi) is 4.68. The standard InChI is InChI=1S/C26H24N4OS/c1-2-18-25-17(14-27-18)23(24-21(28-25)11-6-12-22(24)31)15-7-5-8-16(13-15)32-26-29-19-9-3-4-10-20(19)30-26/h3-5,7-10,13-14,23,27-28H,2,6,11-12H2,1H3,(H,29,30). The summed E-state index contributed by atoms with van der Waals surface area (Å²) in [5, 5.41) is 4.48. The van der Waals surface area contributed by atoms with Gasteiger partial charge in [-0.2, -0.15) is 0 Å². The van der Waals surface area contributed by atoms with Crippen LogP contribution in [0.3, 0.4) is 0 Å². The highest BCUT2D eigenvalue weighted by molar-refractivity contribution is 7.99. The van der Waals surface area contributed by atoms with E-state index in [0.29, 0.717) is 6.42 Å². The molecular weight excluding hydrogens is 416 g/mol. The number of hydrogen-bond acceptors (Lipinski definition) is 4. The molecule has 1 aliphatic heterocycles. The Balaban J connectivity index is 1.42. The molecule has 1 aliphatic carbocycles. The van der Waals surface area contributed by atoms with Crippen LogP contribution >= 0.6 is 11.8 Å². The summed E-state index contributed by atoms with van der Waals surface area (Å²) < 4.78 is 0. The summed E-state index contributed by atoms with van der Waals surface area (Å²) in [5.74, 6) is 0.228. The summed E-state index contributed by atoms with van der Waals surface area (Å²) in [4.78, 5) is 25.7. The fourth-order valence-corrected chi connectivity index (χ4v) is 5.84. The SMILES string of the molecule is CCc1[nH]cc2c1NC1=C(C(=O)CCC1)C2c1cccc(Sc2nc3ccccc3[nH]2)c1. The summed E-state index contributed by atoms with van der Waals surface area (Å²) in [6.45, 7) is 2.16.